The Morgan fingerprint density at radius 1 is 1.08 bits per heavy atom. The quantitative estimate of drug-likeness (QED) is 0.813. The van der Waals surface area contributed by atoms with Gasteiger partial charge in [0.25, 0.3) is 0 Å². The molecule has 0 aromatic heterocycles. The molecule has 1 unspecified atom stereocenters. The molecule has 0 fully saturated rings. The molecular formula is C20H24O6. The van der Waals surface area contributed by atoms with Gasteiger partial charge >= 0.3 is 11.9 Å². The van der Waals surface area contributed by atoms with Crippen LogP contribution in [-0.4, -0.2) is 36.4 Å². The number of ether oxygens (including phenoxy) is 2. The average Bonchev–Trinajstić information content (AvgIpc) is 2.63. The van der Waals surface area contributed by atoms with E-state index in [1.54, 1.807) is 43.3 Å². The Morgan fingerprint density at radius 3 is 2.19 bits per heavy atom. The maximum Gasteiger partial charge on any atom is 0.318 e. The number of hydrogen-bond acceptors (Lipinski definition) is 5. The minimum Gasteiger partial charge on any atom is -0.508 e. The smallest absolute Gasteiger partial charge is 0.318 e. The number of aliphatic carboxylic acids is 1. The summed E-state index contributed by atoms with van der Waals surface area (Å²) in [6, 6.07) is 11.8. The predicted molar refractivity (Wildman–Crippen MR) is 97.6 cm³/mol. The molecule has 0 spiro atoms. The first-order valence-corrected chi connectivity index (χ1v) is 7.89. The zero-order valence-corrected chi connectivity index (χ0v) is 15.6. The van der Waals surface area contributed by atoms with E-state index in [1.165, 1.54) is 27.2 Å². The van der Waals surface area contributed by atoms with E-state index in [2.05, 4.69) is 4.74 Å². The fraction of sp³-hybridized carbons (Fsp3) is 0.300. The number of hydrogen-bond donors (Lipinski definition) is 2. The first-order valence-electron chi connectivity index (χ1n) is 7.89. The third-order valence-electron chi connectivity index (χ3n) is 4.05. The number of phenols is 1. The fourth-order valence-electron chi connectivity index (χ4n) is 2.38. The summed E-state index contributed by atoms with van der Waals surface area (Å²) in [7, 11) is 2.88. The molecule has 26 heavy (non-hydrogen) atoms. The van der Waals surface area contributed by atoms with Gasteiger partial charge in [0.2, 0.25) is 0 Å². The summed E-state index contributed by atoms with van der Waals surface area (Å²) in [5.41, 5.74) is 0.446. The molecule has 140 valence electrons. The molecule has 0 heterocycles. The summed E-state index contributed by atoms with van der Waals surface area (Å²) >= 11 is 0. The standard InChI is InChI=1S/C17H18O4.C3H6O2/c1-11-7-8-15(18)14(9-11)17(2,16(19)20)12-5-4-6-13(10-12)21-3;1-3(4)5-2/h4-10,18H,1-3H3,(H,19,20);1-2H3. The minimum atomic E-state index is -1.36. The average molecular weight is 360 g/mol. The molecule has 0 aliphatic heterocycles. The maximum absolute atomic E-state index is 11.9. The maximum atomic E-state index is 11.9. The zero-order valence-electron chi connectivity index (χ0n) is 15.6. The molecule has 6 nitrogen and oxygen atoms in total. The number of esters is 1. The summed E-state index contributed by atoms with van der Waals surface area (Å²) in [5.74, 6) is -0.734. The summed E-state index contributed by atoms with van der Waals surface area (Å²) < 4.78 is 9.28. The minimum absolute atomic E-state index is 0.0340. The van der Waals surface area contributed by atoms with Crippen molar-refractivity contribution in [3.63, 3.8) is 0 Å². The number of methoxy groups -OCH3 is 2. The number of carbonyl (C=O) groups excluding carboxylic acids is 1. The van der Waals surface area contributed by atoms with Crippen LogP contribution in [0.5, 0.6) is 11.5 Å². The number of aryl methyl sites for hydroxylation is 1. The monoisotopic (exact) mass is 360 g/mol. The van der Waals surface area contributed by atoms with Crippen LogP contribution in [0.4, 0.5) is 0 Å². The number of carboxylic acids is 1. The molecule has 2 aromatic carbocycles. The van der Waals surface area contributed by atoms with Crippen LogP contribution >= 0.6 is 0 Å². The van der Waals surface area contributed by atoms with Gasteiger partial charge in [0.1, 0.15) is 16.9 Å². The van der Waals surface area contributed by atoms with Gasteiger partial charge in [0, 0.05) is 12.5 Å². The number of rotatable bonds is 4. The molecule has 0 amide bonds. The van der Waals surface area contributed by atoms with Gasteiger partial charge in [-0.3, -0.25) is 9.59 Å². The van der Waals surface area contributed by atoms with E-state index in [1.807, 2.05) is 6.92 Å². The van der Waals surface area contributed by atoms with E-state index in [0.29, 0.717) is 16.9 Å². The molecule has 0 aliphatic rings. The number of benzene rings is 2. The topological polar surface area (TPSA) is 93.1 Å². The molecule has 0 radical (unpaired) electrons. The van der Waals surface area contributed by atoms with Gasteiger partial charge in [-0.25, -0.2) is 0 Å². The van der Waals surface area contributed by atoms with Crippen molar-refractivity contribution in [1.82, 2.24) is 0 Å². The third kappa shape index (κ3) is 4.75. The van der Waals surface area contributed by atoms with Crippen molar-refractivity contribution in [3.8, 4) is 11.5 Å². The van der Waals surface area contributed by atoms with Crippen LogP contribution in [0, 0.1) is 6.92 Å². The van der Waals surface area contributed by atoms with Gasteiger partial charge in [-0.15, -0.1) is 0 Å². The normalized spacial score (nSPS) is 12.2. The number of phenolic OH excluding ortho intramolecular Hbond substituents is 1. The van der Waals surface area contributed by atoms with E-state index in [4.69, 9.17) is 4.74 Å². The summed E-state index contributed by atoms with van der Waals surface area (Å²) in [4.78, 5) is 21.5. The second kappa shape index (κ2) is 8.89. The lowest BCUT2D eigenvalue weighted by molar-refractivity contribution is -0.141. The number of carboxylic acid groups (broad SMARTS) is 1. The molecular weight excluding hydrogens is 336 g/mol. The van der Waals surface area contributed by atoms with Gasteiger partial charge in [-0.1, -0.05) is 29.8 Å². The molecule has 0 saturated heterocycles. The van der Waals surface area contributed by atoms with Crippen LogP contribution in [0.25, 0.3) is 0 Å². The number of carbonyl (C=O) groups is 2. The van der Waals surface area contributed by atoms with E-state index >= 15 is 0 Å². The van der Waals surface area contributed by atoms with Crippen LogP contribution in [0.3, 0.4) is 0 Å². The van der Waals surface area contributed by atoms with Crippen molar-refractivity contribution >= 4 is 11.9 Å². The van der Waals surface area contributed by atoms with Crippen molar-refractivity contribution in [2.75, 3.05) is 14.2 Å². The SMILES string of the molecule is COC(C)=O.COc1cccc(C(C)(C(=O)O)c2cc(C)ccc2O)c1. The predicted octanol–water partition coefficient (Wildman–Crippen LogP) is 3.28. The van der Waals surface area contributed by atoms with Crippen LogP contribution < -0.4 is 4.74 Å². The zero-order chi connectivity index (χ0) is 19.9. The Kier molecular flexibility index (Phi) is 7.19. The second-order valence-electron chi connectivity index (χ2n) is 5.88. The Morgan fingerprint density at radius 2 is 1.69 bits per heavy atom. The molecule has 2 aromatic rings. The fourth-order valence-corrected chi connectivity index (χ4v) is 2.38. The highest BCUT2D eigenvalue weighted by molar-refractivity contribution is 5.86. The van der Waals surface area contributed by atoms with Gasteiger partial charge in [0.05, 0.1) is 14.2 Å². The summed E-state index contributed by atoms with van der Waals surface area (Å²) in [6.45, 7) is 4.80. The van der Waals surface area contributed by atoms with Crippen LogP contribution in [0.15, 0.2) is 42.5 Å². The molecule has 0 saturated carbocycles. The van der Waals surface area contributed by atoms with E-state index in [0.717, 1.165) is 5.56 Å². The Bertz CT molecular complexity index is 784. The van der Waals surface area contributed by atoms with E-state index < -0.39 is 11.4 Å². The Balaban J connectivity index is 0.000000597. The third-order valence-corrected chi connectivity index (χ3v) is 4.05. The van der Waals surface area contributed by atoms with Crippen molar-refractivity contribution in [2.24, 2.45) is 0 Å². The first-order chi connectivity index (χ1) is 12.2. The van der Waals surface area contributed by atoms with Crippen LogP contribution in [0.1, 0.15) is 30.5 Å². The molecule has 2 rings (SSSR count). The second-order valence-corrected chi connectivity index (χ2v) is 5.88. The van der Waals surface area contributed by atoms with Gasteiger partial charge in [0.15, 0.2) is 0 Å². The van der Waals surface area contributed by atoms with Crippen molar-refractivity contribution in [2.45, 2.75) is 26.2 Å². The Hall–Kier alpha value is -3.02. The van der Waals surface area contributed by atoms with Crippen molar-refractivity contribution in [1.29, 1.82) is 0 Å². The van der Waals surface area contributed by atoms with Gasteiger partial charge in [-0.05, 0) is 37.6 Å². The van der Waals surface area contributed by atoms with Gasteiger partial charge < -0.3 is 19.7 Å². The molecule has 0 aliphatic carbocycles. The van der Waals surface area contributed by atoms with Crippen LogP contribution in [0.2, 0.25) is 0 Å². The lowest BCUT2D eigenvalue weighted by Crippen LogP contribution is -2.33. The molecule has 2 N–H and O–H groups in total. The Labute approximate surface area is 153 Å². The highest BCUT2D eigenvalue weighted by Crippen LogP contribution is 2.39. The van der Waals surface area contributed by atoms with Gasteiger partial charge in [-0.2, -0.15) is 0 Å². The highest BCUT2D eigenvalue weighted by atomic mass is 16.5. The first kappa shape index (κ1) is 21.0. The summed E-state index contributed by atoms with van der Waals surface area (Å²) in [6.07, 6.45) is 0. The van der Waals surface area contributed by atoms with E-state index in [-0.39, 0.29) is 11.7 Å². The lowest BCUT2D eigenvalue weighted by Gasteiger charge is -2.27. The highest BCUT2D eigenvalue weighted by Gasteiger charge is 2.39. The summed E-state index contributed by atoms with van der Waals surface area (Å²) in [5, 5.41) is 19.9. The largest absolute Gasteiger partial charge is 0.508 e. The molecule has 0 bridgehead atoms. The molecule has 1 atom stereocenters. The van der Waals surface area contributed by atoms with E-state index in [9.17, 15) is 19.8 Å². The van der Waals surface area contributed by atoms with Crippen molar-refractivity contribution in [3.05, 3.63) is 59.2 Å². The van der Waals surface area contributed by atoms with Crippen LogP contribution in [-0.2, 0) is 19.7 Å². The lowest BCUT2D eigenvalue weighted by atomic mass is 9.75. The van der Waals surface area contributed by atoms with Crippen molar-refractivity contribution < 1.29 is 29.3 Å². The number of aromatic hydroxyl groups is 1. The molecule has 6 heteroatoms.